The zero-order chi connectivity index (χ0) is 41.2. The first-order valence-electron chi connectivity index (χ1n) is 19.7. The van der Waals surface area contributed by atoms with E-state index in [-0.39, 0.29) is 86.4 Å². The highest BCUT2D eigenvalue weighted by Gasteiger charge is 2.38. The van der Waals surface area contributed by atoms with E-state index in [0.29, 0.717) is 74.1 Å². The van der Waals surface area contributed by atoms with Crippen molar-refractivity contribution >= 4 is 63.5 Å². The molecule has 1 aromatic carbocycles. The molecule has 6 rings (SSSR count). The van der Waals surface area contributed by atoms with Crippen LogP contribution in [-0.2, 0) is 48.2 Å². The fourth-order valence-corrected chi connectivity index (χ4v) is 8.85. The van der Waals surface area contributed by atoms with E-state index in [1.165, 1.54) is 11.3 Å². The lowest BCUT2D eigenvalue weighted by atomic mass is 9.94. The van der Waals surface area contributed by atoms with Crippen LogP contribution in [0, 0.1) is 5.92 Å². The Balaban J connectivity index is 0.795. The number of ether oxygens (including phenoxy) is 1. The predicted octanol–water partition coefficient (Wildman–Crippen LogP) is 4.04. The van der Waals surface area contributed by atoms with Gasteiger partial charge in [0.05, 0.1) is 54.6 Å². The van der Waals surface area contributed by atoms with Gasteiger partial charge in [-0.3, -0.25) is 28.9 Å². The van der Waals surface area contributed by atoms with Crippen molar-refractivity contribution in [3.05, 3.63) is 58.9 Å². The molecule has 0 radical (unpaired) electrons. The van der Waals surface area contributed by atoms with Crippen LogP contribution < -0.4 is 21.3 Å². The predicted molar refractivity (Wildman–Crippen MR) is 217 cm³/mol. The van der Waals surface area contributed by atoms with Gasteiger partial charge in [-0.05, 0) is 56.0 Å². The Morgan fingerprint density at radius 2 is 1.78 bits per heavy atom. The molecule has 18 heteroatoms. The summed E-state index contributed by atoms with van der Waals surface area (Å²) in [6.45, 7) is 9.32. The smallest absolute Gasteiger partial charge is 0.315 e. The van der Waals surface area contributed by atoms with E-state index in [2.05, 4.69) is 52.0 Å². The molecule has 2 fully saturated rings. The van der Waals surface area contributed by atoms with Crippen LogP contribution in [0.25, 0.3) is 0 Å². The number of hydrogen-bond acceptors (Lipinski definition) is 13. The molecule has 1 saturated heterocycles. The molecule has 3 aromatic rings. The Kier molecular flexibility index (Phi) is 14.7. The Labute approximate surface area is 346 Å². The lowest BCUT2D eigenvalue weighted by Gasteiger charge is -2.30. The molecule has 5 amide bonds. The van der Waals surface area contributed by atoms with Crippen LogP contribution in [0.2, 0.25) is 0 Å². The van der Waals surface area contributed by atoms with Crippen LogP contribution >= 0.6 is 23.1 Å². The topological polar surface area (TPSA) is 205 Å². The number of hydrogen-bond donors (Lipinski definition) is 4. The number of rotatable bonds is 16. The molecule has 0 spiro atoms. The largest absolute Gasteiger partial charge is 0.444 e. The van der Waals surface area contributed by atoms with Crippen LogP contribution in [0.15, 0.2) is 39.2 Å². The second-order valence-electron chi connectivity index (χ2n) is 15.7. The number of carbonyl (C=O) groups excluding carboxylic acids is 6. The highest BCUT2D eigenvalue weighted by molar-refractivity contribution is 8.00. The zero-order valence-corrected chi connectivity index (χ0v) is 34.9. The highest BCUT2D eigenvalue weighted by Crippen LogP contribution is 2.33. The number of urea groups is 1. The average Bonchev–Trinajstić information content (AvgIpc) is 3.91. The van der Waals surface area contributed by atoms with Crippen molar-refractivity contribution in [2.45, 2.75) is 93.8 Å². The molecule has 3 aliphatic rings. The SMILES string of the molecule is CC(C)(C)c1cnc(CSc2cnc(NC(=O)C3CCN(CC(=O)NCCOCCNC(=O)NCc4cccc5c4CN([C@H]4CCCC(=O)CC4=O)C5=O)CC3)s2)o1. The number of anilines is 1. The standard InChI is InChI=1S/C40H52N8O8S2/c1-40(2,3)32-20-43-34(56-32)24-57-35-21-45-39(58-35)46-36(52)25-10-14-47(15-11-25)23-33(51)41-12-16-55-17-13-42-38(54)44-19-26-6-4-8-28-29(26)22-48(37(28)53)30-9-5-7-27(49)18-31(30)50/h4,6,8,20-21,25,30H,5,7,9-19,22-24H2,1-3H3,(H,41,51)(H2,42,44,54)(H,45,46,52)/t30-/m0/s1. The van der Waals surface area contributed by atoms with Crippen LogP contribution in [0.1, 0.15) is 92.4 Å². The first-order chi connectivity index (χ1) is 27.8. The van der Waals surface area contributed by atoms with Gasteiger partial charge in [-0.15, -0.1) is 11.8 Å². The summed E-state index contributed by atoms with van der Waals surface area (Å²) in [5.74, 6) is 1.22. The van der Waals surface area contributed by atoms with Gasteiger partial charge in [0.25, 0.3) is 5.91 Å². The van der Waals surface area contributed by atoms with E-state index in [1.54, 1.807) is 41.2 Å². The summed E-state index contributed by atoms with van der Waals surface area (Å²) in [6, 6.07) is 4.33. The van der Waals surface area contributed by atoms with Crippen LogP contribution in [0.3, 0.4) is 0 Å². The Bertz CT molecular complexity index is 1970. The highest BCUT2D eigenvalue weighted by atomic mass is 32.2. The van der Waals surface area contributed by atoms with E-state index >= 15 is 0 Å². The van der Waals surface area contributed by atoms with Crippen molar-refractivity contribution in [2.75, 3.05) is 51.3 Å². The summed E-state index contributed by atoms with van der Waals surface area (Å²) in [5.41, 5.74) is 1.98. The second-order valence-corrected chi connectivity index (χ2v) is 18.0. The maximum atomic E-state index is 13.2. The molecule has 2 aliphatic heterocycles. The van der Waals surface area contributed by atoms with Gasteiger partial charge in [-0.25, -0.2) is 14.8 Å². The minimum atomic E-state index is -0.607. The summed E-state index contributed by atoms with van der Waals surface area (Å²) in [4.78, 5) is 88.0. The molecule has 1 saturated carbocycles. The van der Waals surface area contributed by atoms with E-state index in [9.17, 15) is 28.8 Å². The maximum absolute atomic E-state index is 13.2. The van der Waals surface area contributed by atoms with Gasteiger partial charge in [0.2, 0.25) is 17.7 Å². The molecule has 4 N–H and O–H groups in total. The third-order valence-electron chi connectivity index (χ3n) is 10.4. The molecule has 0 unspecified atom stereocenters. The van der Waals surface area contributed by atoms with Gasteiger partial charge in [-0.1, -0.05) is 44.2 Å². The lowest BCUT2D eigenvalue weighted by molar-refractivity contribution is -0.129. The number of nitrogens with one attached hydrogen (secondary N) is 4. The number of carbonyl (C=O) groups is 6. The van der Waals surface area contributed by atoms with Gasteiger partial charge < -0.3 is 35.3 Å². The van der Waals surface area contributed by atoms with E-state index < -0.39 is 12.1 Å². The first-order valence-corrected chi connectivity index (χ1v) is 21.5. The summed E-state index contributed by atoms with van der Waals surface area (Å²) < 4.78 is 12.4. The zero-order valence-electron chi connectivity index (χ0n) is 33.2. The molecular weight excluding hydrogens is 785 g/mol. The summed E-state index contributed by atoms with van der Waals surface area (Å²) in [7, 11) is 0. The molecule has 0 bridgehead atoms. The van der Waals surface area contributed by atoms with Gasteiger partial charge in [0, 0.05) is 49.5 Å². The maximum Gasteiger partial charge on any atom is 0.315 e. The van der Waals surface area contributed by atoms with Crippen LogP contribution in [0.4, 0.5) is 9.93 Å². The van der Waals surface area contributed by atoms with Crippen molar-refractivity contribution in [3.63, 3.8) is 0 Å². The summed E-state index contributed by atoms with van der Waals surface area (Å²) in [5, 5.41) is 11.9. The van der Waals surface area contributed by atoms with E-state index in [1.807, 2.05) is 11.0 Å². The van der Waals surface area contributed by atoms with Gasteiger partial charge in [0.1, 0.15) is 11.5 Å². The number of benzene rings is 1. The van der Waals surface area contributed by atoms with Crippen molar-refractivity contribution in [3.8, 4) is 0 Å². The van der Waals surface area contributed by atoms with Crippen molar-refractivity contribution in [2.24, 2.45) is 5.92 Å². The van der Waals surface area contributed by atoms with Crippen LogP contribution in [-0.4, -0.2) is 107 Å². The molecule has 1 atom stereocenters. The molecule has 16 nitrogen and oxygen atoms in total. The number of fused-ring (bicyclic) bond motifs is 1. The van der Waals surface area contributed by atoms with Crippen molar-refractivity contribution in [1.82, 2.24) is 35.7 Å². The summed E-state index contributed by atoms with van der Waals surface area (Å²) in [6.07, 6.45) is 6.09. The molecule has 2 aromatic heterocycles. The average molecular weight is 837 g/mol. The molecule has 312 valence electrons. The fourth-order valence-electron chi connectivity index (χ4n) is 7.12. The second kappa shape index (κ2) is 19.9. The number of likely N-dealkylation sites (tertiary alicyclic amines) is 1. The van der Waals surface area contributed by atoms with Crippen molar-refractivity contribution in [1.29, 1.82) is 0 Å². The normalized spacial score (nSPS) is 17.9. The minimum absolute atomic E-state index is 0.0593. The number of aromatic nitrogens is 2. The minimum Gasteiger partial charge on any atom is -0.444 e. The molecular formula is C40H52N8O8S2. The number of amides is 5. The number of oxazole rings is 1. The number of piperidine rings is 1. The Morgan fingerprint density at radius 1 is 1.00 bits per heavy atom. The van der Waals surface area contributed by atoms with Gasteiger partial charge >= 0.3 is 6.03 Å². The molecule has 58 heavy (non-hydrogen) atoms. The quantitative estimate of drug-likeness (QED) is 0.0699. The lowest BCUT2D eigenvalue weighted by Crippen LogP contribution is -2.44. The molecule has 4 heterocycles. The van der Waals surface area contributed by atoms with Crippen molar-refractivity contribution < 1.29 is 37.9 Å². The number of nitrogens with zero attached hydrogens (tertiary/aromatic N) is 4. The monoisotopic (exact) mass is 836 g/mol. The number of thiazole rings is 1. The van der Waals surface area contributed by atoms with Gasteiger partial charge in [-0.2, -0.15) is 0 Å². The van der Waals surface area contributed by atoms with E-state index in [0.717, 1.165) is 21.1 Å². The third kappa shape index (κ3) is 11.7. The fraction of sp³-hybridized carbons (Fsp3) is 0.550. The number of Topliss-reactive ketones (excluding diaryl/α,β-unsaturated/α-hetero) is 2. The van der Waals surface area contributed by atoms with Gasteiger partial charge in [0.15, 0.2) is 10.9 Å². The third-order valence-corrected chi connectivity index (χ3v) is 12.4. The van der Waals surface area contributed by atoms with E-state index in [4.69, 9.17) is 9.15 Å². The summed E-state index contributed by atoms with van der Waals surface area (Å²) >= 11 is 2.98. The van der Waals surface area contributed by atoms with Crippen LogP contribution in [0.5, 0.6) is 0 Å². The first kappa shape index (κ1) is 42.9. The number of thioether (sulfide) groups is 1. The Hall–Kier alpha value is -4.65. The molecule has 1 aliphatic carbocycles. The number of ketones is 2. The Morgan fingerprint density at radius 3 is 2.53 bits per heavy atom.